The molecule has 3 heterocycles. The Kier molecular flexibility index (Phi) is 6.85. The zero-order valence-electron chi connectivity index (χ0n) is 19.7. The van der Waals surface area contributed by atoms with Crippen LogP contribution in [0.1, 0.15) is 11.5 Å². The van der Waals surface area contributed by atoms with Crippen LogP contribution in [0.15, 0.2) is 73.1 Å². The van der Waals surface area contributed by atoms with E-state index >= 15 is 0 Å². The van der Waals surface area contributed by atoms with Crippen molar-refractivity contribution in [2.24, 2.45) is 11.8 Å². The van der Waals surface area contributed by atoms with E-state index in [-0.39, 0.29) is 16.9 Å². The van der Waals surface area contributed by atoms with Crippen molar-refractivity contribution >= 4 is 70.3 Å². The summed E-state index contributed by atoms with van der Waals surface area (Å²) in [6.07, 6.45) is 2.73. The second-order valence-electron chi connectivity index (χ2n) is 8.65. The first-order valence-corrected chi connectivity index (χ1v) is 12.2. The van der Waals surface area contributed by atoms with Gasteiger partial charge < -0.3 is 0 Å². The first-order chi connectivity index (χ1) is 18.7. The number of hydrogen-bond acceptors (Lipinski definition) is 7. The lowest BCUT2D eigenvalue weighted by atomic mass is 9.73. The highest BCUT2D eigenvalue weighted by atomic mass is 35.5. The van der Waals surface area contributed by atoms with Crippen LogP contribution in [0.25, 0.3) is 0 Å². The minimum Gasteiger partial charge on any atom is -0.277 e. The molecule has 2 aliphatic heterocycles. The largest absolute Gasteiger partial charge is 0.335 e. The smallest absolute Gasteiger partial charge is 0.277 e. The van der Waals surface area contributed by atoms with Gasteiger partial charge in [0.05, 0.1) is 11.4 Å². The van der Waals surface area contributed by atoms with Crippen LogP contribution in [0, 0.1) is 11.8 Å². The molecule has 2 fully saturated rings. The Morgan fingerprint density at radius 2 is 1.00 bits per heavy atom. The molecule has 2 aromatic carbocycles. The summed E-state index contributed by atoms with van der Waals surface area (Å²) in [5, 5.41) is 4.98. The monoisotopic (exact) mass is 565 g/mol. The van der Waals surface area contributed by atoms with Gasteiger partial charge in [0.25, 0.3) is 0 Å². The van der Waals surface area contributed by atoms with Crippen LogP contribution < -0.4 is 20.4 Å². The number of anilines is 2. The van der Waals surface area contributed by atoms with Gasteiger partial charge in [-0.2, -0.15) is 0 Å². The molecule has 1 aromatic heterocycles. The van der Waals surface area contributed by atoms with Gasteiger partial charge in [-0.3, -0.25) is 34.8 Å². The number of nitrogens with one attached hydrogen (secondary N) is 2. The van der Waals surface area contributed by atoms with E-state index < -0.39 is 53.4 Å². The number of pyridine rings is 1. The van der Waals surface area contributed by atoms with Crippen molar-refractivity contribution in [1.82, 2.24) is 15.6 Å². The average Bonchev–Trinajstić information content (AvgIpc) is 2.90. The average molecular weight is 566 g/mol. The summed E-state index contributed by atoms with van der Waals surface area (Å²) >= 11 is 11.9. The third-order valence-electron chi connectivity index (χ3n) is 6.38. The maximum Gasteiger partial charge on any atom is 0.335 e. The molecular formula is C26H17Cl2N5O6. The molecule has 2 atom stereocenters. The van der Waals surface area contributed by atoms with Crippen molar-refractivity contribution in [2.75, 3.05) is 9.80 Å². The van der Waals surface area contributed by atoms with E-state index in [4.69, 9.17) is 23.2 Å². The van der Waals surface area contributed by atoms with Gasteiger partial charge in [0, 0.05) is 28.4 Å². The quantitative estimate of drug-likeness (QED) is 0.451. The maximum absolute atomic E-state index is 13.8. The van der Waals surface area contributed by atoms with Gasteiger partial charge in [0.15, 0.2) is 0 Å². The molecule has 0 saturated carbocycles. The van der Waals surface area contributed by atoms with Gasteiger partial charge in [-0.15, -0.1) is 0 Å². The number of barbiturate groups is 2. The molecule has 5 rings (SSSR count). The molecule has 0 radical (unpaired) electrons. The number of nitrogens with zero attached hydrogens (tertiary/aromatic N) is 3. The zero-order valence-corrected chi connectivity index (χ0v) is 21.2. The summed E-state index contributed by atoms with van der Waals surface area (Å²) in [4.78, 5) is 84.9. The van der Waals surface area contributed by atoms with Crippen molar-refractivity contribution in [2.45, 2.75) is 5.92 Å². The Balaban J connectivity index is 1.62. The van der Waals surface area contributed by atoms with Crippen LogP contribution in [-0.4, -0.2) is 40.7 Å². The minimum absolute atomic E-state index is 0.116. The number of rotatable bonds is 5. The molecule has 39 heavy (non-hydrogen) atoms. The number of carbonyl (C=O) groups is 6. The predicted molar refractivity (Wildman–Crippen MR) is 139 cm³/mol. The van der Waals surface area contributed by atoms with Crippen molar-refractivity contribution in [3.63, 3.8) is 0 Å². The summed E-state index contributed by atoms with van der Waals surface area (Å²) in [5.41, 5.74) is 0.471. The molecule has 2 N–H and O–H groups in total. The van der Waals surface area contributed by atoms with Gasteiger partial charge in [0.1, 0.15) is 11.8 Å². The SMILES string of the molecule is O=C1NC(=O)N(c2ccc(Cl)cc2)C(=O)[C@H]1C(c1ccncc1)[C@H]1C(=O)NC(=O)N(c2ccc(Cl)cc2)C1=O. The van der Waals surface area contributed by atoms with Crippen LogP contribution in [0.5, 0.6) is 0 Å². The Morgan fingerprint density at radius 1 is 0.615 bits per heavy atom. The highest BCUT2D eigenvalue weighted by Crippen LogP contribution is 2.39. The van der Waals surface area contributed by atoms with E-state index in [1.54, 1.807) is 0 Å². The molecule has 0 aliphatic carbocycles. The normalized spacial score (nSPS) is 19.9. The molecule has 0 unspecified atom stereocenters. The zero-order chi connectivity index (χ0) is 27.8. The molecule has 13 heteroatoms. The van der Waals surface area contributed by atoms with Crippen molar-refractivity contribution in [3.05, 3.63) is 88.7 Å². The second-order valence-corrected chi connectivity index (χ2v) is 9.52. The first-order valence-electron chi connectivity index (χ1n) is 11.5. The maximum atomic E-state index is 13.8. The number of carbonyl (C=O) groups excluding carboxylic acids is 6. The van der Waals surface area contributed by atoms with E-state index in [1.807, 2.05) is 0 Å². The fourth-order valence-corrected chi connectivity index (χ4v) is 4.90. The summed E-state index contributed by atoms with van der Waals surface area (Å²) in [7, 11) is 0. The van der Waals surface area contributed by atoms with Gasteiger partial charge >= 0.3 is 12.1 Å². The van der Waals surface area contributed by atoms with Crippen molar-refractivity contribution in [3.8, 4) is 0 Å². The van der Waals surface area contributed by atoms with Gasteiger partial charge in [0.2, 0.25) is 23.6 Å². The lowest BCUT2D eigenvalue weighted by Crippen LogP contribution is -2.64. The fraction of sp³-hybridized carbons (Fsp3) is 0.115. The van der Waals surface area contributed by atoms with Crippen LogP contribution >= 0.6 is 23.2 Å². The summed E-state index contributed by atoms with van der Waals surface area (Å²) < 4.78 is 0. The fourth-order valence-electron chi connectivity index (χ4n) is 4.65. The number of imide groups is 4. The van der Waals surface area contributed by atoms with Crippen LogP contribution in [0.3, 0.4) is 0 Å². The summed E-state index contributed by atoms with van der Waals surface area (Å²) in [6, 6.07) is 12.3. The van der Waals surface area contributed by atoms with Crippen molar-refractivity contribution < 1.29 is 28.8 Å². The lowest BCUT2D eigenvalue weighted by Gasteiger charge is -2.39. The van der Waals surface area contributed by atoms with E-state index in [1.165, 1.54) is 73.1 Å². The molecule has 8 amide bonds. The molecule has 196 valence electrons. The number of urea groups is 2. The highest BCUT2D eigenvalue weighted by Gasteiger charge is 2.55. The minimum atomic E-state index is -1.71. The van der Waals surface area contributed by atoms with E-state index in [9.17, 15) is 28.8 Å². The summed E-state index contributed by atoms with van der Waals surface area (Å²) in [6.45, 7) is 0. The van der Waals surface area contributed by atoms with Crippen LogP contribution in [0.2, 0.25) is 10.0 Å². The Hall–Kier alpha value is -4.61. The predicted octanol–water partition coefficient (Wildman–Crippen LogP) is 3.27. The number of benzene rings is 2. The first kappa shape index (κ1) is 26.0. The van der Waals surface area contributed by atoms with E-state index in [2.05, 4.69) is 15.6 Å². The molecule has 11 nitrogen and oxygen atoms in total. The molecular weight excluding hydrogens is 549 g/mol. The number of halogens is 2. The number of amides is 8. The Labute approximate surface area is 230 Å². The van der Waals surface area contributed by atoms with E-state index in [0.717, 1.165) is 9.80 Å². The van der Waals surface area contributed by atoms with Gasteiger partial charge in [-0.1, -0.05) is 23.2 Å². The van der Waals surface area contributed by atoms with Gasteiger partial charge in [-0.05, 0) is 66.2 Å². The molecule has 2 saturated heterocycles. The highest BCUT2D eigenvalue weighted by molar-refractivity contribution is 6.33. The standard InChI is InChI=1S/C26H17Cl2N5O6/c27-14-1-5-16(6-2-14)32-23(36)19(21(34)30-25(32)38)18(13-9-11-29-12-10-13)20-22(35)31-26(39)33(24(20)37)17-7-3-15(28)4-8-17/h1-12,18-20H,(H,30,34,38)(H,31,35,39)/t19-,20-/m0/s1. The topological polar surface area (TPSA) is 146 Å². The number of aromatic nitrogens is 1. The van der Waals surface area contributed by atoms with Crippen LogP contribution in [0.4, 0.5) is 21.0 Å². The second kappa shape index (κ2) is 10.3. The summed E-state index contributed by atoms with van der Waals surface area (Å²) in [5.74, 6) is -8.78. The molecule has 0 spiro atoms. The molecule has 0 bridgehead atoms. The van der Waals surface area contributed by atoms with E-state index in [0.29, 0.717) is 10.0 Å². The lowest BCUT2D eigenvalue weighted by molar-refractivity contribution is -0.140. The van der Waals surface area contributed by atoms with Crippen LogP contribution in [-0.2, 0) is 19.2 Å². The number of hydrogen-bond donors (Lipinski definition) is 2. The third kappa shape index (κ3) is 4.73. The van der Waals surface area contributed by atoms with Crippen molar-refractivity contribution in [1.29, 1.82) is 0 Å². The third-order valence-corrected chi connectivity index (χ3v) is 6.89. The molecule has 2 aliphatic rings. The Bertz CT molecular complexity index is 1420. The van der Waals surface area contributed by atoms with Gasteiger partial charge in [-0.25, -0.2) is 19.4 Å². The molecule has 3 aromatic rings. The Morgan fingerprint density at radius 3 is 1.38 bits per heavy atom.